The van der Waals surface area contributed by atoms with Crippen LogP contribution < -0.4 is 10.1 Å². The molecule has 1 fully saturated rings. The summed E-state index contributed by atoms with van der Waals surface area (Å²) in [6.07, 6.45) is -6.84. The number of carboxylic acids is 2. The van der Waals surface area contributed by atoms with Gasteiger partial charge in [0, 0.05) is 11.6 Å². The molecular weight excluding hydrogens is 456 g/mol. The summed E-state index contributed by atoms with van der Waals surface area (Å²) in [5, 5.41) is 60.9. The standard InChI is InChI=1S/C21H26N2O11/c1-33-10-2-3-13-11(5-10)9(4-15(25)22-12(21(31)32)6-16(26)27)7-23(13)20-19(30)18(29)17(28)14(8-24)34-20/h2-3,5,7,12,14,17-20,24,28-30H,4,6,8H2,1H3,(H,22,25)(H,26,27)(H,31,32)/t12-,14-,17-,18+,19-,20-/m1/s1. The van der Waals surface area contributed by atoms with Gasteiger partial charge in [-0.3, -0.25) is 9.59 Å². The van der Waals surface area contributed by atoms with E-state index in [2.05, 4.69) is 5.32 Å². The molecule has 1 amide bonds. The zero-order chi connectivity index (χ0) is 25.2. The Balaban J connectivity index is 1.97. The highest BCUT2D eigenvalue weighted by Crippen LogP contribution is 2.34. The first-order chi connectivity index (χ1) is 16.1. The SMILES string of the molecule is COc1ccc2c(c1)c(CC(=O)N[C@H](CC(=O)O)C(=O)O)cn2[C@@H]1O[C@H](CO)[C@@H](O)[C@H](O)[C@H]1O. The Bertz CT molecular complexity index is 1070. The van der Waals surface area contributed by atoms with Crippen molar-refractivity contribution in [3.8, 4) is 5.75 Å². The van der Waals surface area contributed by atoms with Crippen molar-refractivity contribution in [3.63, 3.8) is 0 Å². The van der Waals surface area contributed by atoms with E-state index in [9.17, 15) is 34.8 Å². The molecule has 0 unspecified atom stereocenters. The van der Waals surface area contributed by atoms with Gasteiger partial charge < -0.3 is 50.0 Å². The number of carboxylic acid groups (broad SMARTS) is 2. The molecule has 13 nitrogen and oxygen atoms in total. The normalized spacial score (nSPS) is 25.6. The number of aliphatic hydroxyl groups is 4. The molecule has 1 aliphatic heterocycles. The largest absolute Gasteiger partial charge is 0.497 e. The van der Waals surface area contributed by atoms with Crippen molar-refractivity contribution in [3.05, 3.63) is 30.0 Å². The Labute approximate surface area is 192 Å². The fourth-order valence-corrected chi connectivity index (χ4v) is 3.89. The number of aromatic nitrogens is 1. The monoisotopic (exact) mass is 482 g/mol. The zero-order valence-electron chi connectivity index (χ0n) is 18.1. The second kappa shape index (κ2) is 10.4. The van der Waals surface area contributed by atoms with Crippen LogP contribution in [0.5, 0.6) is 5.75 Å². The van der Waals surface area contributed by atoms with Gasteiger partial charge in [-0.15, -0.1) is 0 Å². The predicted octanol–water partition coefficient (Wildman–Crippen LogP) is -1.79. The van der Waals surface area contributed by atoms with E-state index in [1.807, 2.05) is 0 Å². The van der Waals surface area contributed by atoms with Gasteiger partial charge in [-0.1, -0.05) is 0 Å². The van der Waals surface area contributed by atoms with Crippen molar-refractivity contribution in [2.24, 2.45) is 0 Å². The summed E-state index contributed by atoms with van der Waals surface area (Å²) in [4.78, 5) is 34.7. The van der Waals surface area contributed by atoms with E-state index in [-0.39, 0.29) is 6.42 Å². The number of benzene rings is 1. The summed E-state index contributed by atoms with van der Waals surface area (Å²) >= 11 is 0. The Morgan fingerprint density at radius 2 is 1.85 bits per heavy atom. The molecule has 34 heavy (non-hydrogen) atoms. The van der Waals surface area contributed by atoms with E-state index in [1.54, 1.807) is 18.2 Å². The first kappa shape index (κ1) is 25.4. The zero-order valence-corrected chi connectivity index (χ0v) is 18.1. The van der Waals surface area contributed by atoms with Crippen LogP contribution in [-0.4, -0.2) is 97.2 Å². The van der Waals surface area contributed by atoms with Crippen molar-refractivity contribution < 1.29 is 54.5 Å². The number of carbonyl (C=O) groups is 3. The van der Waals surface area contributed by atoms with Crippen molar-refractivity contribution >= 4 is 28.7 Å². The first-order valence-corrected chi connectivity index (χ1v) is 10.3. The predicted molar refractivity (Wildman–Crippen MR) is 113 cm³/mol. The molecule has 6 atom stereocenters. The minimum atomic E-state index is -1.63. The number of nitrogens with one attached hydrogen (secondary N) is 1. The number of aliphatic hydroxyl groups excluding tert-OH is 4. The number of hydrogen-bond donors (Lipinski definition) is 7. The molecule has 1 aromatic heterocycles. The summed E-state index contributed by atoms with van der Waals surface area (Å²) in [5.74, 6) is -3.21. The van der Waals surface area contributed by atoms with Gasteiger partial charge in [-0.25, -0.2) is 4.79 Å². The van der Waals surface area contributed by atoms with E-state index in [1.165, 1.54) is 17.9 Å². The van der Waals surface area contributed by atoms with Crippen LogP contribution in [0.2, 0.25) is 0 Å². The Hall–Kier alpha value is -3.23. The number of rotatable bonds is 9. The molecule has 1 saturated heterocycles. The second-order valence-electron chi connectivity index (χ2n) is 7.90. The Kier molecular flexibility index (Phi) is 7.74. The lowest BCUT2D eigenvalue weighted by atomic mass is 9.98. The van der Waals surface area contributed by atoms with Crippen LogP contribution in [0.15, 0.2) is 24.4 Å². The molecule has 186 valence electrons. The third-order valence-electron chi connectivity index (χ3n) is 5.63. The molecule has 13 heteroatoms. The summed E-state index contributed by atoms with van der Waals surface area (Å²) in [7, 11) is 1.44. The third kappa shape index (κ3) is 5.13. The van der Waals surface area contributed by atoms with Crippen LogP contribution in [-0.2, 0) is 25.5 Å². The van der Waals surface area contributed by atoms with Crippen molar-refractivity contribution in [1.82, 2.24) is 9.88 Å². The van der Waals surface area contributed by atoms with Crippen LogP contribution in [0.4, 0.5) is 0 Å². The lowest BCUT2D eigenvalue weighted by Gasteiger charge is -2.40. The first-order valence-electron chi connectivity index (χ1n) is 10.3. The summed E-state index contributed by atoms with van der Waals surface area (Å²) in [6.45, 7) is -0.621. The van der Waals surface area contributed by atoms with Gasteiger partial charge >= 0.3 is 11.9 Å². The molecule has 0 spiro atoms. The summed E-state index contributed by atoms with van der Waals surface area (Å²) in [5.41, 5.74) is 0.816. The van der Waals surface area contributed by atoms with Crippen LogP contribution in [0.25, 0.3) is 10.9 Å². The number of carbonyl (C=O) groups excluding carboxylic acids is 1. The van der Waals surface area contributed by atoms with E-state index >= 15 is 0 Å². The molecule has 7 N–H and O–H groups in total. The highest BCUT2D eigenvalue weighted by atomic mass is 16.6. The minimum Gasteiger partial charge on any atom is -0.497 e. The molecule has 3 rings (SSSR count). The van der Waals surface area contributed by atoms with Gasteiger partial charge in [0.25, 0.3) is 0 Å². The van der Waals surface area contributed by atoms with Gasteiger partial charge in [-0.05, 0) is 23.8 Å². The number of ether oxygens (including phenoxy) is 2. The van der Waals surface area contributed by atoms with Gasteiger partial charge in [0.05, 0.1) is 32.1 Å². The topological polar surface area (TPSA) is 208 Å². The average Bonchev–Trinajstić information content (AvgIpc) is 3.14. The number of amides is 1. The van der Waals surface area contributed by atoms with Crippen LogP contribution in [0.1, 0.15) is 18.2 Å². The molecule has 0 aliphatic carbocycles. The summed E-state index contributed by atoms with van der Waals surface area (Å²) < 4.78 is 12.3. The molecule has 2 aromatic rings. The molecule has 2 heterocycles. The van der Waals surface area contributed by atoms with E-state index in [0.29, 0.717) is 22.2 Å². The Morgan fingerprint density at radius 3 is 2.44 bits per heavy atom. The van der Waals surface area contributed by atoms with E-state index < -0.39 is 67.6 Å². The fourth-order valence-electron chi connectivity index (χ4n) is 3.89. The fraction of sp³-hybridized carbons (Fsp3) is 0.476. The maximum Gasteiger partial charge on any atom is 0.326 e. The lowest BCUT2D eigenvalue weighted by Crippen LogP contribution is -2.56. The highest BCUT2D eigenvalue weighted by molar-refractivity contribution is 5.92. The third-order valence-corrected chi connectivity index (χ3v) is 5.63. The maximum absolute atomic E-state index is 12.6. The van der Waals surface area contributed by atoms with Gasteiger partial charge in [0.2, 0.25) is 5.91 Å². The number of hydrogen-bond acceptors (Lipinski definition) is 9. The molecule has 1 aromatic carbocycles. The smallest absolute Gasteiger partial charge is 0.326 e. The summed E-state index contributed by atoms with van der Waals surface area (Å²) in [6, 6.07) is 3.20. The molecule has 0 saturated carbocycles. The molecule has 0 bridgehead atoms. The number of fused-ring (bicyclic) bond motifs is 1. The Morgan fingerprint density at radius 1 is 1.15 bits per heavy atom. The van der Waals surface area contributed by atoms with Crippen molar-refractivity contribution in [2.75, 3.05) is 13.7 Å². The quantitative estimate of drug-likeness (QED) is 0.212. The van der Waals surface area contributed by atoms with E-state index in [4.69, 9.17) is 19.7 Å². The maximum atomic E-state index is 12.6. The van der Waals surface area contributed by atoms with Crippen LogP contribution >= 0.6 is 0 Å². The lowest BCUT2D eigenvalue weighted by molar-refractivity contribution is -0.250. The van der Waals surface area contributed by atoms with Gasteiger partial charge in [-0.2, -0.15) is 0 Å². The van der Waals surface area contributed by atoms with Gasteiger partial charge in [0.15, 0.2) is 6.23 Å². The second-order valence-corrected chi connectivity index (χ2v) is 7.90. The van der Waals surface area contributed by atoms with Gasteiger partial charge in [0.1, 0.15) is 36.2 Å². The number of nitrogens with zero attached hydrogens (tertiary/aromatic N) is 1. The number of methoxy groups -OCH3 is 1. The van der Waals surface area contributed by atoms with Crippen LogP contribution in [0, 0.1) is 0 Å². The minimum absolute atomic E-state index is 0.350. The van der Waals surface area contributed by atoms with Crippen molar-refractivity contribution in [2.45, 2.75) is 49.5 Å². The average molecular weight is 482 g/mol. The highest BCUT2D eigenvalue weighted by Gasteiger charge is 2.44. The number of aliphatic carboxylic acids is 2. The van der Waals surface area contributed by atoms with Crippen molar-refractivity contribution in [1.29, 1.82) is 0 Å². The van der Waals surface area contributed by atoms with Crippen LogP contribution in [0.3, 0.4) is 0 Å². The molecule has 0 radical (unpaired) electrons. The molecular formula is C21H26N2O11. The molecule has 1 aliphatic rings. The van der Waals surface area contributed by atoms with E-state index in [0.717, 1.165) is 0 Å².